The lowest BCUT2D eigenvalue weighted by Gasteiger charge is -2.41. The summed E-state index contributed by atoms with van der Waals surface area (Å²) in [6.07, 6.45) is -2.68. The van der Waals surface area contributed by atoms with E-state index in [1.54, 1.807) is 6.07 Å². The minimum atomic E-state index is -1.63. The lowest BCUT2D eigenvalue weighted by molar-refractivity contribution is -0.178. The second-order valence-electron chi connectivity index (χ2n) is 7.41. The van der Waals surface area contributed by atoms with Crippen molar-refractivity contribution < 1.29 is 33.2 Å². The molecule has 1 aliphatic heterocycles. The van der Waals surface area contributed by atoms with Crippen LogP contribution in [-0.4, -0.2) is 60.7 Å². The second-order valence-corrected chi connectivity index (χ2v) is 8.99. The Balaban J connectivity index is 1.63. The van der Waals surface area contributed by atoms with Gasteiger partial charge in [-0.15, -0.1) is 5.10 Å². The van der Waals surface area contributed by atoms with Crippen LogP contribution in [0.3, 0.4) is 0 Å². The number of aliphatic hydroxyl groups is 3. The van der Waals surface area contributed by atoms with Gasteiger partial charge in [0.2, 0.25) is 0 Å². The van der Waals surface area contributed by atoms with E-state index in [0.717, 1.165) is 28.6 Å². The van der Waals surface area contributed by atoms with Gasteiger partial charge in [0.15, 0.2) is 17.5 Å². The Bertz CT molecular complexity index is 1230. The summed E-state index contributed by atoms with van der Waals surface area (Å²) in [4.78, 5) is 0.552. The van der Waals surface area contributed by atoms with Gasteiger partial charge in [-0.05, 0) is 30.3 Å². The van der Waals surface area contributed by atoms with Crippen LogP contribution in [0.25, 0.3) is 11.3 Å². The number of aromatic nitrogens is 3. The molecule has 0 aliphatic carbocycles. The molecule has 0 spiro atoms. The van der Waals surface area contributed by atoms with Crippen molar-refractivity contribution in [1.29, 1.82) is 5.26 Å². The normalized spacial score (nSPS) is 24.7. The van der Waals surface area contributed by atoms with Gasteiger partial charge in [-0.1, -0.05) is 28.6 Å². The Labute approximate surface area is 200 Å². The number of rotatable bonds is 5. The van der Waals surface area contributed by atoms with Crippen LogP contribution in [0.1, 0.15) is 11.6 Å². The lowest BCUT2D eigenvalue weighted by Crippen LogP contribution is -2.55. The smallest absolute Gasteiger partial charge is 0.194 e. The standard InChI is InChI=1S/C21H16ClF3N4O4S/c22-12-5-11(2-1-9(12)6-26)34-21-20(32)18(19(31)16(8-30)33-21)29-7-15(27-28-29)10-3-13(23)17(25)14(24)4-10/h1-5,7,16,18-21,30-32H,8H2. The van der Waals surface area contributed by atoms with E-state index in [2.05, 4.69) is 10.3 Å². The summed E-state index contributed by atoms with van der Waals surface area (Å²) in [7, 11) is 0. The molecule has 3 aromatic rings. The van der Waals surface area contributed by atoms with Crippen molar-refractivity contribution in [3.8, 4) is 17.3 Å². The van der Waals surface area contributed by atoms with Gasteiger partial charge in [0.25, 0.3) is 0 Å². The van der Waals surface area contributed by atoms with Crippen LogP contribution in [-0.2, 0) is 4.74 Å². The quantitative estimate of drug-likeness (QED) is 0.446. The molecule has 13 heteroatoms. The molecule has 2 heterocycles. The number of hydrogen-bond donors (Lipinski definition) is 3. The zero-order valence-corrected chi connectivity index (χ0v) is 18.6. The van der Waals surface area contributed by atoms with Crippen molar-refractivity contribution in [1.82, 2.24) is 15.0 Å². The average Bonchev–Trinajstić information content (AvgIpc) is 3.29. The van der Waals surface area contributed by atoms with E-state index in [0.29, 0.717) is 4.90 Å². The summed E-state index contributed by atoms with van der Waals surface area (Å²) in [6.45, 7) is -0.578. The molecule has 1 aliphatic rings. The van der Waals surface area contributed by atoms with Crippen LogP contribution in [0.4, 0.5) is 13.2 Å². The fraction of sp³-hybridized carbons (Fsp3) is 0.286. The Morgan fingerprint density at radius 1 is 1.15 bits per heavy atom. The molecule has 3 N–H and O–H groups in total. The minimum Gasteiger partial charge on any atom is -0.394 e. The molecular weight excluding hydrogens is 497 g/mol. The van der Waals surface area contributed by atoms with Crippen molar-refractivity contribution >= 4 is 23.4 Å². The Hall–Kier alpha value is -2.66. The molecular formula is C21H16ClF3N4O4S. The number of aliphatic hydroxyl groups excluding tert-OH is 3. The van der Waals surface area contributed by atoms with E-state index in [1.807, 2.05) is 6.07 Å². The number of hydrogen-bond acceptors (Lipinski definition) is 8. The second kappa shape index (κ2) is 9.91. The summed E-state index contributed by atoms with van der Waals surface area (Å²) < 4.78 is 47.3. The van der Waals surface area contributed by atoms with Crippen LogP contribution in [0.2, 0.25) is 5.02 Å². The number of ether oxygens (including phenoxy) is 1. The highest BCUT2D eigenvalue weighted by atomic mass is 35.5. The van der Waals surface area contributed by atoms with Gasteiger partial charge in [0.1, 0.15) is 41.6 Å². The largest absolute Gasteiger partial charge is 0.394 e. The first-order chi connectivity index (χ1) is 16.2. The van der Waals surface area contributed by atoms with Gasteiger partial charge in [-0.25, -0.2) is 17.9 Å². The summed E-state index contributed by atoms with van der Waals surface area (Å²) in [6, 6.07) is 6.88. The molecule has 5 unspecified atom stereocenters. The Morgan fingerprint density at radius 3 is 2.47 bits per heavy atom. The molecule has 2 aromatic carbocycles. The van der Waals surface area contributed by atoms with E-state index in [9.17, 15) is 28.5 Å². The SMILES string of the molecule is N#Cc1ccc(SC2OC(CO)C(O)C(n3cc(-c4cc(F)c(F)c(F)c4)nn3)C2O)cc1Cl. The van der Waals surface area contributed by atoms with E-state index in [-0.39, 0.29) is 21.8 Å². The van der Waals surface area contributed by atoms with Crippen LogP contribution in [0.15, 0.2) is 41.4 Å². The van der Waals surface area contributed by atoms with E-state index >= 15 is 0 Å². The van der Waals surface area contributed by atoms with Crippen molar-refractivity contribution in [2.24, 2.45) is 0 Å². The lowest BCUT2D eigenvalue weighted by atomic mass is 9.97. The molecule has 5 atom stereocenters. The number of halogens is 4. The van der Waals surface area contributed by atoms with Crippen molar-refractivity contribution in [3.63, 3.8) is 0 Å². The molecule has 0 saturated carbocycles. The molecule has 8 nitrogen and oxygen atoms in total. The fourth-order valence-corrected chi connectivity index (χ4v) is 4.92. The first kappa shape index (κ1) is 24.5. The van der Waals surface area contributed by atoms with Gasteiger partial charge in [0.05, 0.1) is 23.4 Å². The zero-order valence-electron chi connectivity index (χ0n) is 17.0. The zero-order chi connectivity index (χ0) is 24.6. The third-order valence-electron chi connectivity index (χ3n) is 5.26. The fourth-order valence-electron chi connectivity index (χ4n) is 3.53. The summed E-state index contributed by atoms with van der Waals surface area (Å²) in [5, 5.41) is 48.2. The third kappa shape index (κ3) is 4.63. The average molecular weight is 513 g/mol. The summed E-state index contributed by atoms with van der Waals surface area (Å²) >= 11 is 7.11. The highest BCUT2D eigenvalue weighted by Crippen LogP contribution is 2.39. The molecule has 34 heavy (non-hydrogen) atoms. The molecule has 1 aromatic heterocycles. The van der Waals surface area contributed by atoms with Gasteiger partial charge in [-0.3, -0.25) is 0 Å². The molecule has 178 valence electrons. The number of benzene rings is 2. The van der Waals surface area contributed by atoms with Crippen LogP contribution in [0.5, 0.6) is 0 Å². The van der Waals surface area contributed by atoms with Gasteiger partial charge in [0, 0.05) is 10.5 Å². The number of nitrogens with zero attached hydrogens (tertiary/aromatic N) is 4. The predicted octanol–water partition coefficient (Wildman–Crippen LogP) is 2.66. The molecule has 1 saturated heterocycles. The van der Waals surface area contributed by atoms with E-state index in [4.69, 9.17) is 21.6 Å². The summed E-state index contributed by atoms with van der Waals surface area (Å²) in [5.41, 5.74) is -0.868. The van der Waals surface area contributed by atoms with Gasteiger partial charge >= 0.3 is 0 Å². The molecule has 0 bridgehead atoms. The topological polar surface area (TPSA) is 124 Å². The van der Waals surface area contributed by atoms with Gasteiger partial charge in [-0.2, -0.15) is 5.26 Å². The van der Waals surface area contributed by atoms with Crippen LogP contribution >= 0.6 is 23.4 Å². The molecule has 0 amide bonds. The minimum absolute atomic E-state index is 0.0349. The Kier molecular flexibility index (Phi) is 7.13. The van der Waals surface area contributed by atoms with E-state index < -0.39 is 53.8 Å². The van der Waals surface area contributed by atoms with Gasteiger partial charge < -0.3 is 20.1 Å². The maximum Gasteiger partial charge on any atom is 0.194 e. The maximum absolute atomic E-state index is 13.6. The monoisotopic (exact) mass is 512 g/mol. The van der Waals surface area contributed by atoms with E-state index in [1.165, 1.54) is 18.3 Å². The van der Waals surface area contributed by atoms with Crippen molar-refractivity contribution in [2.45, 2.75) is 34.7 Å². The van der Waals surface area contributed by atoms with Crippen LogP contribution in [0, 0.1) is 28.8 Å². The first-order valence-electron chi connectivity index (χ1n) is 9.79. The Morgan fingerprint density at radius 2 is 1.85 bits per heavy atom. The summed E-state index contributed by atoms with van der Waals surface area (Å²) in [5.74, 6) is -4.44. The van der Waals surface area contributed by atoms with Crippen molar-refractivity contribution in [2.75, 3.05) is 6.61 Å². The molecule has 0 radical (unpaired) electrons. The highest BCUT2D eigenvalue weighted by molar-refractivity contribution is 7.99. The van der Waals surface area contributed by atoms with Crippen LogP contribution < -0.4 is 0 Å². The third-order valence-corrected chi connectivity index (χ3v) is 6.72. The number of thioether (sulfide) groups is 1. The maximum atomic E-state index is 13.6. The highest BCUT2D eigenvalue weighted by Gasteiger charge is 2.46. The predicted molar refractivity (Wildman–Crippen MR) is 114 cm³/mol. The number of nitriles is 1. The van der Waals surface area contributed by atoms with Crippen molar-refractivity contribution in [3.05, 3.63) is 64.6 Å². The first-order valence-corrected chi connectivity index (χ1v) is 11.0. The molecule has 1 fully saturated rings. The molecule has 4 rings (SSSR count).